The molecule has 32 heavy (non-hydrogen) atoms. The van der Waals surface area contributed by atoms with Crippen molar-refractivity contribution in [3.63, 3.8) is 0 Å². The van der Waals surface area contributed by atoms with Gasteiger partial charge in [0.05, 0.1) is 13.7 Å². The van der Waals surface area contributed by atoms with Crippen molar-refractivity contribution in [1.82, 2.24) is 0 Å². The normalized spacial score (nSPS) is 10.4. The van der Waals surface area contributed by atoms with Gasteiger partial charge in [0.2, 0.25) is 0 Å². The summed E-state index contributed by atoms with van der Waals surface area (Å²) in [6.07, 6.45) is 0.613. The first-order valence-electron chi connectivity index (χ1n) is 10.1. The van der Waals surface area contributed by atoms with E-state index < -0.39 is 17.5 Å². The molecule has 0 fully saturated rings. The molecule has 1 heterocycles. The topological polar surface area (TPSA) is 121 Å². The summed E-state index contributed by atoms with van der Waals surface area (Å²) in [6.45, 7) is 1.82. The Kier molecular flexibility index (Phi) is 7.28. The van der Waals surface area contributed by atoms with E-state index in [-0.39, 0.29) is 30.0 Å². The van der Waals surface area contributed by atoms with Crippen LogP contribution in [0.2, 0.25) is 0 Å². The lowest BCUT2D eigenvalue weighted by atomic mass is 10.0. The fourth-order valence-corrected chi connectivity index (χ4v) is 3.12. The average molecular weight is 436 g/mol. The highest BCUT2D eigenvalue weighted by molar-refractivity contribution is 6.04. The molecule has 0 saturated heterocycles. The minimum absolute atomic E-state index is 0.0660. The van der Waals surface area contributed by atoms with Gasteiger partial charge in [0.15, 0.2) is 0 Å². The molecule has 3 N–H and O–H groups in total. The zero-order valence-electron chi connectivity index (χ0n) is 17.8. The predicted octanol–water partition coefficient (Wildman–Crippen LogP) is 3.44. The monoisotopic (exact) mass is 436 g/mol. The number of rotatable bonds is 8. The lowest BCUT2D eigenvalue weighted by Crippen LogP contribution is -2.21. The van der Waals surface area contributed by atoms with Crippen LogP contribution in [-0.2, 0) is 17.6 Å². The highest BCUT2D eigenvalue weighted by Gasteiger charge is 2.20. The van der Waals surface area contributed by atoms with Crippen molar-refractivity contribution in [2.75, 3.05) is 24.8 Å². The summed E-state index contributed by atoms with van der Waals surface area (Å²) >= 11 is 0. The number of hydrogen-bond donors (Lipinski definition) is 2. The predicted molar refractivity (Wildman–Crippen MR) is 120 cm³/mol. The smallest absolute Gasteiger partial charge is 0.359 e. The Morgan fingerprint density at radius 3 is 2.50 bits per heavy atom. The van der Waals surface area contributed by atoms with Crippen LogP contribution in [-0.4, -0.2) is 25.6 Å². The van der Waals surface area contributed by atoms with Crippen molar-refractivity contribution < 1.29 is 23.5 Å². The Labute approximate surface area is 185 Å². The van der Waals surface area contributed by atoms with Crippen molar-refractivity contribution >= 4 is 23.3 Å². The third-order valence-electron chi connectivity index (χ3n) is 4.78. The van der Waals surface area contributed by atoms with Crippen molar-refractivity contribution in [3.8, 4) is 5.75 Å². The fraction of sp³-hybridized carbons (Fsp3) is 0.208. The van der Waals surface area contributed by atoms with Crippen LogP contribution in [0.5, 0.6) is 5.75 Å². The largest absolute Gasteiger partial charge is 0.497 e. The third-order valence-corrected chi connectivity index (χ3v) is 4.78. The minimum Gasteiger partial charge on any atom is -0.497 e. The molecule has 0 aliphatic heterocycles. The molecule has 0 bridgehead atoms. The molecule has 8 heteroatoms. The number of nitrogens with one attached hydrogen (secondary N) is 1. The van der Waals surface area contributed by atoms with E-state index in [4.69, 9.17) is 19.6 Å². The number of esters is 1. The van der Waals surface area contributed by atoms with Crippen LogP contribution in [0.3, 0.4) is 0 Å². The van der Waals surface area contributed by atoms with Crippen molar-refractivity contribution in [2.45, 2.75) is 19.8 Å². The van der Waals surface area contributed by atoms with Gasteiger partial charge in [-0.2, -0.15) is 0 Å². The first-order chi connectivity index (χ1) is 15.4. The van der Waals surface area contributed by atoms with E-state index in [2.05, 4.69) is 5.32 Å². The van der Waals surface area contributed by atoms with Crippen LogP contribution in [0.25, 0.3) is 0 Å². The molecule has 3 rings (SSSR count). The van der Waals surface area contributed by atoms with Crippen LogP contribution in [0, 0.1) is 0 Å². The van der Waals surface area contributed by atoms with Gasteiger partial charge < -0.3 is 24.9 Å². The number of amides is 1. The Morgan fingerprint density at radius 2 is 1.81 bits per heavy atom. The maximum absolute atomic E-state index is 12.5. The van der Waals surface area contributed by atoms with Gasteiger partial charge in [-0.15, -0.1) is 0 Å². The zero-order valence-corrected chi connectivity index (χ0v) is 17.8. The Hall–Kier alpha value is -4.07. The Balaban J connectivity index is 1.90. The molecule has 0 atom stereocenters. The van der Waals surface area contributed by atoms with Gasteiger partial charge in [0, 0.05) is 17.7 Å². The average Bonchev–Trinajstić information content (AvgIpc) is 2.80. The number of benzene rings is 2. The van der Waals surface area contributed by atoms with Crippen molar-refractivity contribution in [2.24, 2.45) is 0 Å². The zero-order chi connectivity index (χ0) is 23.1. The van der Waals surface area contributed by atoms with Gasteiger partial charge in [0.1, 0.15) is 22.8 Å². The number of nitrogens with two attached hydrogens (primary N) is 1. The van der Waals surface area contributed by atoms with Crippen LogP contribution >= 0.6 is 0 Å². The Bertz CT molecular complexity index is 1170. The SMILES string of the molecule is CCOC(=O)c1cc(NC(=O)c2ccccc2)c(=O)oc1CCc1cc(OC)ccc1N. The molecule has 0 saturated carbocycles. The molecule has 0 radical (unpaired) electrons. The van der Waals surface area contributed by atoms with Gasteiger partial charge >= 0.3 is 11.6 Å². The fourth-order valence-electron chi connectivity index (χ4n) is 3.12. The van der Waals surface area contributed by atoms with E-state index in [9.17, 15) is 14.4 Å². The van der Waals surface area contributed by atoms with E-state index in [1.165, 1.54) is 6.07 Å². The number of methoxy groups -OCH3 is 1. The summed E-state index contributed by atoms with van der Waals surface area (Å²) < 4.78 is 15.7. The summed E-state index contributed by atoms with van der Waals surface area (Å²) in [4.78, 5) is 37.5. The number of aryl methyl sites for hydroxylation is 2. The van der Waals surface area contributed by atoms with Crippen molar-refractivity contribution in [3.05, 3.63) is 87.5 Å². The van der Waals surface area contributed by atoms with Crippen LogP contribution in [0.15, 0.2) is 63.8 Å². The van der Waals surface area contributed by atoms with E-state index in [1.807, 2.05) is 0 Å². The van der Waals surface area contributed by atoms with Gasteiger partial charge in [-0.05, 0) is 55.3 Å². The first kappa shape index (κ1) is 22.6. The summed E-state index contributed by atoms with van der Waals surface area (Å²) in [5.74, 6) is -0.363. The molecule has 0 unspecified atom stereocenters. The third kappa shape index (κ3) is 5.34. The summed E-state index contributed by atoms with van der Waals surface area (Å²) in [7, 11) is 1.55. The molecule has 0 aliphatic carbocycles. The standard InChI is InChI=1S/C24H24N2O6/c1-3-31-23(28)18-14-20(26-22(27)15-7-5-4-6-8-15)24(29)32-21(18)12-9-16-13-17(30-2)10-11-19(16)25/h4-8,10-11,13-14H,3,9,12,25H2,1-2H3,(H,26,27). The van der Waals surface area contributed by atoms with E-state index in [0.29, 0.717) is 23.4 Å². The number of anilines is 2. The molecule has 0 spiro atoms. The molecule has 1 aromatic heterocycles. The number of carbonyl (C=O) groups excluding carboxylic acids is 2. The molecule has 0 aliphatic rings. The Morgan fingerprint density at radius 1 is 1.06 bits per heavy atom. The second kappa shape index (κ2) is 10.3. The highest BCUT2D eigenvalue weighted by Crippen LogP contribution is 2.23. The van der Waals surface area contributed by atoms with Gasteiger partial charge in [-0.25, -0.2) is 9.59 Å². The number of ether oxygens (including phenoxy) is 2. The highest BCUT2D eigenvalue weighted by atomic mass is 16.5. The van der Waals surface area contributed by atoms with Gasteiger partial charge in [0.25, 0.3) is 5.91 Å². The maximum atomic E-state index is 12.5. The van der Waals surface area contributed by atoms with Gasteiger partial charge in [-0.1, -0.05) is 18.2 Å². The lowest BCUT2D eigenvalue weighted by Gasteiger charge is -2.12. The molecule has 1 amide bonds. The van der Waals surface area contributed by atoms with E-state index in [1.54, 1.807) is 62.6 Å². The molecule has 166 valence electrons. The second-order valence-corrected chi connectivity index (χ2v) is 6.89. The number of nitrogen functional groups attached to an aromatic ring is 1. The maximum Gasteiger partial charge on any atom is 0.359 e. The minimum atomic E-state index is -0.768. The number of hydrogen-bond acceptors (Lipinski definition) is 7. The van der Waals surface area contributed by atoms with E-state index in [0.717, 1.165) is 5.56 Å². The lowest BCUT2D eigenvalue weighted by molar-refractivity contribution is 0.0521. The molecule has 2 aromatic carbocycles. The molecular weight excluding hydrogens is 412 g/mol. The van der Waals surface area contributed by atoms with Crippen molar-refractivity contribution in [1.29, 1.82) is 0 Å². The van der Waals surface area contributed by atoms with Crippen LogP contribution in [0.4, 0.5) is 11.4 Å². The molecule has 8 nitrogen and oxygen atoms in total. The first-order valence-corrected chi connectivity index (χ1v) is 10.1. The molecule has 3 aromatic rings. The quantitative estimate of drug-likeness (QED) is 0.410. The van der Waals surface area contributed by atoms with Crippen LogP contribution < -0.4 is 21.4 Å². The van der Waals surface area contributed by atoms with Crippen LogP contribution in [0.1, 0.15) is 39.0 Å². The van der Waals surface area contributed by atoms with E-state index >= 15 is 0 Å². The summed E-state index contributed by atoms with van der Waals surface area (Å²) in [5, 5.41) is 2.50. The number of carbonyl (C=O) groups is 2. The molecular formula is C24H24N2O6. The summed E-state index contributed by atoms with van der Waals surface area (Å²) in [5.41, 5.74) is 6.88. The second-order valence-electron chi connectivity index (χ2n) is 6.89. The van der Waals surface area contributed by atoms with Gasteiger partial charge in [-0.3, -0.25) is 4.79 Å². The summed E-state index contributed by atoms with van der Waals surface area (Å²) in [6, 6.07) is 14.9.